The van der Waals surface area contributed by atoms with Crippen molar-refractivity contribution in [3.63, 3.8) is 0 Å². The van der Waals surface area contributed by atoms with Gasteiger partial charge in [-0.25, -0.2) is 17.1 Å². The summed E-state index contributed by atoms with van der Waals surface area (Å²) >= 11 is 0. The summed E-state index contributed by atoms with van der Waals surface area (Å²) < 4.78 is 46.1. The molecular formula is C21H19FN2O4S. The zero-order chi connectivity index (χ0) is 20.6. The topological polar surface area (TPSA) is 87.5 Å². The largest absolute Gasteiger partial charge is 0.486 e. The van der Waals surface area contributed by atoms with Crippen LogP contribution >= 0.6 is 0 Å². The third-order valence-corrected chi connectivity index (χ3v) is 7.36. The van der Waals surface area contributed by atoms with Gasteiger partial charge >= 0.3 is 0 Å². The molecular weight excluding hydrogens is 395 g/mol. The predicted octanol–water partition coefficient (Wildman–Crippen LogP) is 3.03. The second-order valence-corrected chi connectivity index (χ2v) is 9.46. The molecule has 0 aliphatic carbocycles. The zero-order valence-corrected chi connectivity index (χ0v) is 16.4. The van der Waals surface area contributed by atoms with Crippen LogP contribution < -0.4 is 4.74 Å². The Morgan fingerprint density at radius 1 is 1.14 bits per heavy atom. The van der Waals surface area contributed by atoms with Gasteiger partial charge in [0, 0.05) is 25.9 Å². The van der Waals surface area contributed by atoms with Crippen molar-refractivity contribution in [3.05, 3.63) is 65.0 Å². The van der Waals surface area contributed by atoms with Crippen molar-refractivity contribution in [1.29, 1.82) is 5.26 Å². The van der Waals surface area contributed by atoms with Gasteiger partial charge in [0.05, 0.1) is 29.4 Å². The summed E-state index contributed by atoms with van der Waals surface area (Å²) in [5, 5.41) is 9.01. The van der Waals surface area contributed by atoms with Crippen LogP contribution in [0.5, 0.6) is 5.75 Å². The monoisotopic (exact) mass is 414 g/mol. The van der Waals surface area contributed by atoms with Crippen LogP contribution in [0.4, 0.5) is 4.39 Å². The number of hydrogen-bond acceptors (Lipinski definition) is 5. The van der Waals surface area contributed by atoms with Crippen LogP contribution in [0.2, 0.25) is 0 Å². The molecule has 2 aromatic rings. The average molecular weight is 414 g/mol. The van der Waals surface area contributed by atoms with E-state index in [0.717, 1.165) is 0 Å². The van der Waals surface area contributed by atoms with Crippen LogP contribution in [0.3, 0.4) is 0 Å². The maximum atomic E-state index is 13.0. The van der Waals surface area contributed by atoms with E-state index in [4.69, 9.17) is 10.00 Å². The minimum atomic E-state index is -3.55. The fourth-order valence-corrected chi connectivity index (χ4v) is 5.43. The minimum absolute atomic E-state index is 0.0917. The van der Waals surface area contributed by atoms with Crippen molar-refractivity contribution in [1.82, 2.24) is 4.31 Å². The highest BCUT2D eigenvalue weighted by Gasteiger charge is 2.44. The summed E-state index contributed by atoms with van der Waals surface area (Å²) in [6, 6.07) is 12.2. The molecule has 6 nitrogen and oxygen atoms in total. The molecule has 1 saturated heterocycles. The molecule has 0 radical (unpaired) electrons. The van der Waals surface area contributed by atoms with Gasteiger partial charge in [-0.2, -0.15) is 5.26 Å². The predicted molar refractivity (Wildman–Crippen MR) is 103 cm³/mol. The Kier molecular flexibility index (Phi) is 4.89. The summed E-state index contributed by atoms with van der Waals surface area (Å²) in [5.41, 5.74) is 0.609. The number of carbonyl (C=O) groups is 1. The molecule has 0 atom stereocenters. The third kappa shape index (κ3) is 3.88. The van der Waals surface area contributed by atoms with E-state index in [1.54, 1.807) is 12.1 Å². The SMILES string of the molecule is N#Cc1ccc2c(c1)C(=O)CC1(CCN(S(=O)(=O)Cc3ccc(F)cc3)CC1)O2. The summed E-state index contributed by atoms with van der Waals surface area (Å²) in [5.74, 6) is -0.249. The number of ether oxygens (including phenoxy) is 1. The fourth-order valence-electron chi connectivity index (χ4n) is 3.90. The molecule has 0 bridgehead atoms. The lowest BCUT2D eigenvalue weighted by atomic mass is 9.83. The molecule has 0 aromatic heterocycles. The van der Waals surface area contributed by atoms with E-state index in [2.05, 4.69) is 0 Å². The van der Waals surface area contributed by atoms with Crippen LogP contribution in [0.1, 0.15) is 40.7 Å². The number of sulfonamides is 1. The molecule has 0 saturated carbocycles. The van der Waals surface area contributed by atoms with E-state index in [9.17, 15) is 17.6 Å². The van der Waals surface area contributed by atoms with Gasteiger partial charge in [0.25, 0.3) is 0 Å². The highest BCUT2D eigenvalue weighted by atomic mass is 32.2. The zero-order valence-electron chi connectivity index (χ0n) is 15.6. The van der Waals surface area contributed by atoms with E-state index < -0.39 is 21.4 Å². The van der Waals surface area contributed by atoms with Gasteiger partial charge in [0.2, 0.25) is 10.0 Å². The Balaban J connectivity index is 1.47. The van der Waals surface area contributed by atoms with E-state index in [-0.39, 0.29) is 31.0 Å². The van der Waals surface area contributed by atoms with Crippen molar-refractivity contribution in [2.24, 2.45) is 0 Å². The molecule has 1 fully saturated rings. The summed E-state index contributed by atoms with van der Waals surface area (Å²) in [6.45, 7) is 0.505. The maximum absolute atomic E-state index is 13.0. The summed E-state index contributed by atoms with van der Waals surface area (Å²) in [6.07, 6.45) is 0.975. The molecule has 2 aromatic carbocycles. The van der Waals surface area contributed by atoms with Gasteiger partial charge in [-0.15, -0.1) is 0 Å². The maximum Gasteiger partial charge on any atom is 0.218 e. The van der Waals surface area contributed by atoms with E-state index in [0.29, 0.717) is 35.3 Å². The van der Waals surface area contributed by atoms with Crippen LogP contribution in [-0.2, 0) is 15.8 Å². The molecule has 2 aliphatic rings. The summed E-state index contributed by atoms with van der Waals surface area (Å²) in [4.78, 5) is 12.6. The first kappa shape index (κ1) is 19.6. The molecule has 0 amide bonds. The number of ketones is 1. The van der Waals surface area contributed by atoms with Crippen LogP contribution in [0.15, 0.2) is 42.5 Å². The average Bonchev–Trinajstić information content (AvgIpc) is 2.70. The smallest absolute Gasteiger partial charge is 0.218 e. The minimum Gasteiger partial charge on any atom is -0.486 e. The summed E-state index contributed by atoms with van der Waals surface area (Å²) in [7, 11) is -3.55. The first-order chi connectivity index (χ1) is 13.8. The Bertz CT molecular complexity index is 1100. The number of hydrogen-bond donors (Lipinski definition) is 0. The van der Waals surface area contributed by atoms with E-state index in [1.807, 2.05) is 6.07 Å². The van der Waals surface area contributed by atoms with Crippen molar-refractivity contribution < 1.29 is 22.3 Å². The Morgan fingerprint density at radius 3 is 2.48 bits per heavy atom. The normalized spacial score (nSPS) is 18.7. The second kappa shape index (κ2) is 7.25. The second-order valence-electron chi connectivity index (χ2n) is 7.49. The highest BCUT2D eigenvalue weighted by Crippen LogP contribution is 2.40. The first-order valence-corrected chi connectivity index (χ1v) is 10.9. The van der Waals surface area contributed by atoms with Crippen LogP contribution in [-0.4, -0.2) is 37.2 Å². The lowest BCUT2D eigenvalue weighted by Crippen LogP contribution is -2.52. The molecule has 1 spiro atoms. The Morgan fingerprint density at radius 2 is 1.83 bits per heavy atom. The Labute approximate surface area is 168 Å². The van der Waals surface area contributed by atoms with Crippen molar-refractivity contribution in [2.75, 3.05) is 13.1 Å². The van der Waals surface area contributed by atoms with Crippen LogP contribution in [0.25, 0.3) is 0 Å². The van der Waals surface area contributed by atoms with E-state index >= 15 is 0 Å². The van der Waals surface area contributed by atoms with Crippen molar-refractivity contribution in [2.45, 2.75) is 30.6 Å². The molecule has 8 heteroatoms. The molecule has 150 valence electrons. The van der Waals surface area contributed by atoms with Gasteiger partial charge in [0.1, 0.15) is 17.2 Å². The quantitative estimate of drug-likeness (QED) is 0.770. The number of halogens is 1. The van der Waals surface area contributed by atoms with Crippen molar-refractivity contribution in [3.8, 4) is 11.8 Å². The fraction of sp³-hybridized carbons (Fsp3) is 0.333. The van der Waals surface area contributed by atoms with Crippen molar-refractivity contribution >= 4 is 15.8 Å². The number of carbonyl (C=O) groups excluding carboxylic acids is 1. The number of benzene rings is 2. The molecule has 2 heterocycles. The van der Waals surface area contributed by atoms with E-state index in [1.165, 1.54) is 34.6 Å². The van der Waals surface area contributed by atoms with Gasteiger partial charge in [-0.3, -0.25) is 4.79 Å². The van der Waals surface area contributed by atoms with Gasteiger partial charge in [-0.1, -0.05) is 12.1 Å². The number of nitrogens with zero attached hydrogens (tertiary/aromatic N) is 2. The van der Waals surface area contributed by atoms with Gasteiger partial charge in [-0.05, 0) is 35.9 Å². The number of fused-ring (bicyclic) bond motifs is 1. The lowest BCUT2D eigenvalue weighted by Gasteiger charge is -2.43. The number of Topliss-reactive ketones (excluding diaryl/α,β-unsaturated/α-hetero) is 1. The number of nitriles is 1. The number of rotatable bonds is 3. The third-order valence-electron chi connectivity index (χ3n) is 5.51. The highest BCUT2D eigenvalue weighted by molar-refractivity contribution is 7.88. The molecule has 0 unspecified atom stereocenters. The van der Waals surface area contributed by atoms with Crippen LogP contribution in [0, 0.1) is 17.1 Å². The molecule has 4 rings (SSSR count). The van der Waals surface area contributed by atoms with Gasteiger partial charge < -0.3 is 4.74 Å². The molecule has 29 heavy (non-hydrogen) atoms. The van der Waals surface area contributed by atoms with Gasteiger partial charge in [0.15, 0.2) is 5.78 Å². The lowest BCUT2D eigenvalue weighted by molar-refractivity contribution is 0.00589. The molecule has 2 aliphatic heterocycles. The Hall–Kier alpha value is -2.76. The first-order valence-electron chi connectivity index (χ1n) is 9.29. The molecule has 0 N–H and O–H groups in total. The number of piperidine rings is 1. The standard InChI is InChI=1S/C21H19FN2O4S/c22-17-4-1-15(2-5-17)14-29(26,27)24-9-7-21(8-10-24)12-19(25)18-11-16(13-23)3-6-20(18)28-21/h1-6,11H,7-10,12,14H2.